The van der Waals surface area contributed by atoms with Crippen molar-refractivity contribution in [1.82, 2.24) is 15.2 Å². The van der Waals surface area contributed by atoms with Crippen LogP contribution in [0.4, 0.5) is 0 Å². The molecule has 1 aliphatic heterocycles. The highest BCUT2D eigenvalue weighted by molar-refractivity contribution is 5.14. The number of aromatic nitrogens is 1. The van der Waals surface area contributed by atoms with Crippen molar-refractivity contribution in [3.63, 3.8) is 0 Å². The van der Waals surface area contributed by atoms with Crippen LogP contribution < -0.4 is 5.32 Å². The summed E-state index contributed by atoms with van der Waals surface area (Å²) >= 11 is 0. The van der Waals surface area contributed by atoms with Crippen LogP contribution in [0.2, 0.25) is 0 Å². The van der Waals surface area contributed by atoms with Crippen molar-refractivity contribution in [2.24, 2.45) is 0 Å². The van der Waals surface area contributed by atoms with E-state index in [2.05, 4.69) is 48.1 Å². The van der Waals surface area contributed by atoms with Gasteiger partial charge in [-0.3, -0.25) is 9.88 Å². The molecule has 0 atom stereocenters. The highest BCUT2D eigenvalue weighted by Crippen LogP contribution is 2.07. The van der Waals surface area contributed by atoms with Crippen molar-refractivity contribution < 1.29 is 4.74 Å². The van der Waals surface area contributed by atoms with Gasteiger partial charge in [-0.1, -0.05) is 6.07 Å². The van der Waals surface area contributed by atoms with Crippen LogP contribution in [0.3, 0.4) is 0 Å². The second-order valence-corrected chi connectivity index (χ2v) is 6.15. The Bertz CT molecular complexity index is 377. The molecule has 19 heavy (non-hydrogen) atoms. The number of nitrogens with one attached hydrogen (secondary N) is 1. The van der Waals surface area contributed by atoms with E-state index in [0.717, 1.165) is 45.1 Å². The summed E-state index contributed by atoms with van der Waals surface area (Å²) < 4.78 is 5.35. The summed E-state index contributed by atoms with van der Waals surface area (Å²) in [5.41, 5.74) is 2.52. The first-order chi connectivity index (χ1) is 9.03. The average molecular weight is 263 g/mol. The molecule has 0 aliphatic carbocycles. The van der Waals surface area contributed by atoms with Gasteiger partial charge < -0.3 is 10.1 Å². The van der Waals surface area contributed by atoms with E-state index in [4.69, 9.17) is 4.74 Å². The van der Waals surface area contributed by atoms with E-state index in [1.165, 1.54) is 5.56 Å². The highest BCUT2D eigenvalue weighted by Gasteiger charge is 2.11. The average Bonchev–Trinajstić information content (AvgIpc) is 2.38. The Morgan fingerprint density at radius 2 is 2.00 bits per heavy atom. The minimum atomic E-state index is 0.145. The third-order valence-electron chi connectivity index (χ3n) is 3.20. The van der Waals surface area contributed by atoms with Gasteiger partial charge in [0.25, 0.3) is 0 Å². The molecule has 2 rings (SSSR count). The lowest BCUT2D eigenvalue weighted by Crippen LogP contribution is -2.36. The lowest BCUT2D eigenvalue weighted by atomic mass is 10.1. The van der Waals surface area contributed by atoms with Crippen molar-refractivity contribution in [2.45, 2.75) is 39.4 Å². The van der Waals surface area contributed by atoms with Gasteiger partial charge in [0.1, 0.15) is 0 Å². The Balaban J connectivity index is 1.83. The van der Waals surface area contributed by atoms with E-state index in [9.17, 15) is 0 Å². The van der Waals surface area contributed by atoms with E-state index in [-0.39, 0.29) is 5.54 Å². The molecule has 0 radical (unpaired) electrons. The van der Waals surface area contributed by atoms with Crippen LogP contribution in [-0.4, -0.2) is 41.7 Å². The minimum absolute atomic E-state index is 0.145. The number of ether oxygens (including phenoxy) is 1. The second-order valence-electron chi connectivity index (χ2n) is 6.15. The number of rotatable bonds is 4. The fraction of sp³-hybridized carbons (Fsp3) is 0.667. The van der Waals surface area contributed by atoms with Crippen LogP contribution in [0.15, 0.2) is 18.3 Å². The fourth-order valence-electron chi connectivity index (χ4n) is 2.01. The molecule has 0 aromatic carbocycles. The summed E-state index contributed by atoms with van der Waals surface area (Å²) in [5.74, 6) is 0. The molecule has 1 saturated heterocycles. The summed E-state index contributed by atoms with van der Waals surface area (Å²) in [5, 5.41) is 3.47. The van der Waals surface area contributed by atoms with Crippen molar-refractivity contribution in [3.05, 3.63) is 29.6 Å². The lowest BCUT2D eigenvalue weighted by Gasteiger charge is -2.26. The standard InChI is InChI=1S/C15H25N3O/c1-15(2,3)17-11-13-4-5-14(16-10-13)12-18-6-8-19-9-7-18/h4-5,10,17H,6-9,11-12H2,1-3H3. The Morgan fingerprint density at radius 1 is 1.26 bits per heavy atom. The van der Waals surface area contributed by atoms with E-state index in [0.29, 0.717) is 0 Å². The molecule has 1 fully saturated rings. The number of hydrogen-bond acceptors (Lipinski definition) is 4. The maximum atomic E-state index is 5.35. The van der Waals surface area contributed by atoms with Gasteiger partial charge in [0.15, 0.2) is 0 Å². The van der Waals surface area contributed by atoms with Crippen LogP contribution >= 0.6 is 0 Å². The molecule has 2 heterocycles. The van der Waals surface area contributed by atoms with Gasteiger partial charge in [0.05, 0.1) is 18.9 Å². The summed E-state index contributed by atoms with van der Waals surface area (Å²) in [6.07, 6.45) is 1.98. The molecule has 1 aliphatic rings. The molecule has 0 unspecified atom stereocenters. The van der Waals surface area contributed by atoms with Crippen molar-refractivity contribution >= 4 is 0 Å². The van der Waals surface area contributed by atoms with Gasteiger partial charge in [0, 0.05) is 37.9 Å². The van der Waals surface area contributed by atoms with Gasteiger partial charge in [-0.05, 0) is 32.4 Å². The first-order valence-electron chi connectivity index (χ1n) is 7.02. The number of nitrogens with zero attached hydrogens (tertiary/aromatic N) is 2. The van der Waals surface area contributed by atoms with Gasteiger partial charge in [-0.25, -0.2) is 0 Å². The van der Waals surface area contributed by atoms with Gasteiger partial charge >= 0.3 is 0 Å². The number of morpholine rings is 1. The van der Waals surface area contributed by atoms with Gasteiger partial charge in [0.2, 0.25) is 0 Å². The van der Waals surface area contributed by atoms with Crippen molar-refractivity contribution in [1.29, 1.82) is 0 Å². The Hall–Kier alpha value is -0.970. The van der Waals surface area contributed by atoms with E-state index >= 15 is 0 Å². The summed E-state index contributed by atoms with van der Waals surface area (Å²) in [7, 11) is 0. The van der Waals surface area contributed by atoms with Crippen LogP contribution in [-0.2, 0) is 17.8 Å². The third kappa shape index (κ3) is 5.27. The second kappa shape index (κ2) is 6.46. The fourth-order valence-corrected chi connectivity index (χ4v) is 2.01. The zero-order valence-electron chi connectivity index (χ0n) is 12.3. The molecule has 1 aromatic rings. The number of pyridine rings is 1. The van der Waals surface area contributed by atoms with Crippen LogP contribution in [0.1, 0.15) is 32.0 Å². The number of hydrogen-bond donors (Lipinski definition) is 1. The van der Waals surface area contributed by atoms with Crippen molar-refractivity contribution in [2.75, 3.05) is 26.3 Å². The largest absolute Gasteiger partial charge is 0.379 e. The molecule has 0 saturated carbocycles. The van der Waals surface area contributed by atoms with E-state index < -0.39 is 0 Å². The first kappa shape index (κ1) is 14.4. The molecule has 106 valence electrons. The van der Waals surface area contributed by atoms with Crippen LogP contribution in [0, 0.1) is 0 Å². The van der Waals surface area contributed by atoms with E-state index in [1.54, 1.807) is 0 Å². The Morgan fingerprint density at radius 3 is 2.58 bits per heavy atom. The maximum absolute atomic E-state index is 5.35. The molecule has 1 aromatic heterocycles. The molecule has 0 bridgehead atoms. The smallest absolute Gasteiger partial charge is 0.0594 e. The summed E-state index contributed by atoms with van der Waals surface area (Å²) in [6, 6.07) is 4.30. The minimum Gasteiger partial charge on any atom is -0.379 e. The Kier molecular flexibility index (Phi) is 4.91. The highest BCUT2D eigenvalue weighted by atomic mass is 16.5. The molecule has 4 nitrogen and oxygen atoms in total. The molecule has 0 spiro atoms. The quantitative estimate of drug-likeness (QED) is 0.899. The maximum Gasteiger partial charge on any atom is 0.0594 e. The van der Waals surface area contributed by atoms with Gasteiger partial charge in [-0.15, -0.1) is 0 Å². The monoisotopic (exact) mass is 263 g/mol. The summed E-state index contributed by atoms with van der Waals surface area (Å²) in [4.78, 5) is 6.94. The lowest BCUT2D eigenvalue weighted by molar-refractivity contribution is 0.0336. The predicted octanol–water partition coefficient (Wildman–Crippen LogP) is 1.80. The van der Waals surface area contributed by atoms with Crippen LogP contribution in [0.5, 0.6) is 0 Å². The topological polar surface area (TPSA) is 37.4 Å². The molecular formula is C15H25N3O. The molecule has 0 amide bonds. The van der Waals surface area contributed by atoms with Crippen molar-refractivity contribution in [3.8, 4) is 0 Å². The van der Waals surface area contributed by atoms with Crippen LogP contribution in [0.25, 0.3) is 0 Å². The normalized spacial score (nSPS) is 17.6. The van der Waals surface area contributed by atoms with E-state index in [1.807, 2.05) is 6.20 Å². The third-order valence-corrected chi connectivity index (χ3v) is 3.20. The Labute approximate surface area is 116 Å². The molecule has 4 heteroatoms. The first-order valence-corrected chi connectivity index (χ1v) is 7.02. The SMILES string of the molecule is CC(C)(C)NCc1ccc(CN2CCOCC2)nc1. The zero-order valence-corrected chi connectivity index (χ0v) is 12.3. The van der Waals surface area contributed by atoms with Gasteiger partial charge in [-0.2, -0.15) is 0 Å². The summed E-state index contributed by atoms with van der Waals surface area (Å²) in [6.45, 7) is 12.0. The predicted molar refractivity (Wildman–Crippen MR) is 76.9 cm³/mol. The molecule has 1 N–H and O–H groups in total. The zero-order chi connectivity index (χ0) is 13.7. The molecular weight excluding hydrogens is 238 g/mol.